The van der Waals surface area contributed by atoms with Crippen LogP contribution in [0.2, 0.25) is 0 Å². The van der Waals surface area contributed by atoms with E-state index in [-0.39, 0.29) is 17.2 Å². The number of hydrogen-bond acceptors (Lipinski definition) is 2. The summed E-state index contributed by atoms with van der Waals surface area (Å²) in [5, 5.41) is 0. The molecule has 1 aromatic rings. The van der Waals surface area contributed by atoms with Crippen LogP contribution in [0.4, 0.5) is 8.78 Å². The topological polar surface area (TPSA) is 37.4 Å². The Morgan fingerprint density at radius 1 is 1.29 bits per heavy atom. The van der Waals surface area contributed by atoms with E-state index in [0.717, 1.165) is 12.8 Å². The van der Waals surface area contributed by atoms with Gasteiger partial charge in [-0.3, -0.25) is 0 Å². The Labute approximate surface area is 125 Å². The third-order valence-corrected chi connectivity index (χ3v) is 5.95. The maximum atomic E-state index is 13.6. The van der Waals surface area contributed by atoms with Crippen molar-refractivity contribution in [2.45, 2.75) is 32.6 Å². The van der Waals surface area contributed by atoms with Gasteiger partial charge in [0.05, 0.1) is 5.75 Å². The van der Waals surface area contributed by atoms with Crippen LogP contribution in [0.15, 0.2) is 18.2 Å². The average Bonchev–Trinajstić information content (AvgIpc) is 2.47. The Morgan fingerprint density at radius 2 is 1.95 bits per heavy atom. The molecule has 3 nitrogen and oxygen atoms in total. The second kappa shape index (κ2) is 6.83. The van der Waals surface area contributed by atoms with Crippen LogP contribution in [0.3, 0.4) is 0 Å². The summed E-state index contributed by atoms with van der Waals surface area (Å²) in [7, 11) is -3.17. The van der Waals surface area contributed by atoms with Gasteiger partial charge in [-0.1, -0.05) is 6.07 Å². The van der Waals surface area contributed by atoms with Gasteiger partial charge in [0.15, 0.2) is 0 Å². The van der Waals surface area contributed by atoms with E-state index in [1.54, 1.807) is 6.92 Å². The summed E-state index contributed by atoms with van der Waals surface area (Å²) in [6, 6.07) is 3.87. The third kappa shape index (κ3) is 4.01. The highest BCUT2D eigenvalue weighted by Crippen LogP contribution is 2.25. The molecule has 0 radical (unpaired) electrons. The highest BCUT2D eigenvalue weighted by Gasteiger charge is 2.27. The molecular formula is C15H21F2NO2S. The number of sulfonamides is 1. The second-order valence-electron chi connectivity index (χ2n) is 5.51. The Balaban J connectivity index is 1.98. The normalized spacial score (nSPS) is 20.6. The molecule has 0 bridgehead atoms. The van der Waals surface area contributed by atoms with E-state index in [0.29, 0.717) is 25.9 Å². The molecule has 1 heterocycles. The first-order valence-electron chi connectivity index (χ1n) is 7.34. The molecule has 6 heteroatoms. The summed E-state index contributed by atoms with van der Waals surface area (Å²) in [5.41, 5.74) is 0.105. The van der Waals surface area contributed by atoms with Crippen LogP contribution in [0, 0.1) is 17.6 Å². The first kappa shape index (κ1) is 16.4. The summed E-state index contributed by atoms with van der Waals surface area (Å²) in [5.74, 6) is -0.784. The van der Waals surface area contributed by atoms with Crippen molar-refractivity contribution in [1.29, 1.82) is 0 Å². The molecule has 0 aromatic heterocycles. The van der Waals surface area contributed by atoms with Crippen molar-refractivity contribution in [3.05, 3.63) is 35.4 Å². The van der Waals surface area contributed by atoms with Gasteiger partial charge in [-0.15, -0.1) is 0 Å². The van der Waals surface area contributed by atoms with Crippen LogP contribution in [0.25, 0.3) is 0 Å². The van der Waals surface area contributed by atoms with Gasteiger partial charge >= 0.3 is 0 Å². The lowest BCUT2D eigenvalue weighted by Gasteiger charge is -2.31. The number of nitrogens with zero attached hydrogens (tertiary/aromatic N) is 1. The molecule has 0 N–H and O–H groups in total. The number of benzene rings is 1. The van der Waals surface area contributed by atoms with E-state index in [9.17, 15) is 17.2 Å². The Bertz CT molecular complexity index is 569. The van der Waals surface area contributed by atoms with Crippen LogP contribution in [-0.4, -0.2) is 31.6 Å². The molecule has 1 aliphatic rings. The van der Waals surface area contributed by atoms with Crippen molar-refractivity contribution < 1.29 is 17.2 Å². The Morgan fingerprint density at radius 3 is 2.57 bits per heavy atom. The zero-order valence-corrected chi connectivity index (χ0v) is 13.0. The Kier molecular flexibility index (Phi) is 5.32. The van der Waals surface area contributed by atoms with Gasteiger partial charge in [0.2, 0.25) is 10.0 Å². The molecule has 0 saturated carbocycles. The van der Waals surface area contributed by atoms with Gasteiger partial charge < -0.3 is 0 Å². The fraction of sp³-hybridized carbons (Fsp3) is 0.600. The third-order valence-electron chi connectivity index (χ3n) is 4.10. The minimum absolute atomic E-state index is 0.0989. The molecular weight excluding hydrogens is 296 g/mol. The minimum atomic E-state index is -3.17. The van der Waals surface area contributed by atoms with Crippen molar-refractivity contribution in [2.24, 2.45) is 5.92 Å². The quantitative estimate of drug-likeness (QED) is 0.837. The van der Waals surface area contributed by atoms with Gasteiger partial charge in [0.25, 0.3) is 0 Å². The summed E-state index contributed by atoms with van der Waals surface area (Å²) in [4.78, 5) is 0. The fourth-order valence-electron chi connectivity index (χ4n) is 2.82. The lowest BCUT2D eigenvalue weighted by Crippen LogP contribution is -2.40. The number of piperidine rings is 1. The zero-order chi connectivity index (χ0) is 15.5. The molecule has 118 valence electrons. The van der Waals surface area contributed by atoms with E-state index in [1.165, 1.54) is 22.5 Å². The summed E-state index contributed by atoms with van der Waals surface area (Å²) >= 11 is 0. The number of halogens is 2. The SMILES string of the molecule is CCS(=O)(=O)N1CCC[C@H](CCc2c(F)cccc2F)C1. The van der Waals surface area contributed by atoms with E-state index >= 15 is 0 Å². The monoisotopic (exact) mass is 317 g/mol. The van der Waals surface area contributed by atoms with Gasteiger partial charge in [0.1, 0.15) is 11.6 Å². The van der Waals surface area contributed by atoms with E-state index in [1.807, 2.05) is 0 Å². The van der Waals surface area contributed by atoms with Gasteiger partial charge in [0, 0.05) is 18.7 Å². The molecule has 1 saturated heterocycles. The molecule has 0 unspecified atom stereocenters. The maximum absolute atomic E-state index is 13.6. The lowest BCUT2D eigenvalue weighted by molar-refractivity contribution is 0.255. The molecule has 1 aliphatic heterocycles. The molecule has 1 fully saturated rings. The number of rotatable bonds is 5. The lowest BCUT2D eigenvalue weighted by atomic mass is 9.92. The van der Waals surface area contributed by atoms with Crippen LogP contribution >= 0.6 is 0 Å². The smallest absolute Gasteiger partial charge is 0.212 e. The first-order valence-corrected chi connectivity index (χ1v) is 8.95. The standard InChI is InChI=1S/C15H21F2NO2S/c1-2-21(19,20)18-10-4-5-12(11-18)8-9-13-14(16)6-3-7-15(13)17/h3,6-7,12H,2,4-5,8-11H2,1H3/t12-/m1/s1. The van der Waals surface area contributed by atoms with E-state index in [2.05, 4.69) is 0 Å². The van der Waals surface area contributed by atoms with Crippen LogP contribution in [-0.2, 0) is 16.4 Å². The van der Waals surface area contributed by atoms with Crippen molar-refractivity contribution in [2.75, 3.05) is 18.8 Å². The molecule has 0 spiro atoms. The van der Waals surface area contributed by atoms with Crippen LogP contribution in [0.1, 0.15) is 31.7 Å². The summed E-state index contributed by atoms with van der Waals surface area (Å²) < 4.78 is 52.4. The largest absolute Gasteiger partial charge is 0.213 e. The molecule has 1 aromatic carbocycles. The zero-order valence-electron chi connectivity index (χ0n) is 12.2. The average molecular weight is 317 g/mol. The minimum Gasteiger partial charge on any atom is -0.212 e. The van der Waals surface area contributed by atoms with E-state index in [4.69, 9.17) is 0 Å². The fourth-order valence-corrected chi connectivity index (χ4v) is 4.03. The van der Waals surface area contributed by atoms with E-state index < -0.39 is 21.7 Å². The molecule has 21 heavy (non-hydrogen) atoms. The second-order valence-corrected chi connectivity index (χ2v) is 7.76. The molecule has 0 amide bonds. The van der Waals surface area contributed by atoms with Crippen molar-refractivity contribution in [3.8, 4) is 0 Å². The Hall–Kier alpha value is -1.01. The maximum Gasteiger partial charge on any atom is 0.213 e. The highest BCUT2D eigenvalue weighted by atomic mass is 32.2. The van der Waals surface area contributed by atoms with Gasteiger partial charge in [-0.25, -0.2) is 21.5 Å². The molecule has 2 rings (SSSR count). The predicted octanol–water partition coefficient (Wildman–Crippen LogP) is 2.96. The number of hydrogen-bond donors (Lipinski definition) is 0. The van der Waals surface area contributed by atoms with Crippen molar-refractivity contribution in [3.63, 3.8) is 0 Å². The van der Waals surface area contributed by atoms with Gasteiger partial charge in [-0.2, -0.15) is 0 Å². The van der Waals surface area contributed by atoms with Gasteiger partial charge in [-0.05, 0) is 50.7 Å². The molecule has 1 atom stereocenters. The first-order chi connectivity index (χ1) is 9.94. The highest BCUT2D eigenvalue weighted by molar-refractivity contribution is 7.89. The van der Waals surface area contributed by atoms with Crippen LogP contribution < -0.4 is 0 Å². The van der Waals surface area contributed by atoms with Crippen LogP contribution in [0.5, 0.6) is 0 Å². The van der Waals surface area contributed by atoms with Crippen molar-refractivity contribution >= 4 is 10.0 Å². The molecule has 0 aliphatic carbocycles. The predicted molar refractivity (Wildman–Crippen MR) is 78.4 cm³/mol. The summed E-state index contributed by atoms with van der Waals surface area (Å²) in [6.07, 6.45) is 2.63. The summed E-state index contributed by atoms with van der Waals surface area (Å²) in [6.45, 7) is 2.65. The van der Waals surface area contributed by atoms with Crippen molar-refractivity contribution in [1.82, 2.24) is 4.31 Å².